The lowest BCUT2D eigenvalue weighted by atomic mass is 10.2. The molecule has 0 N–H and O–H groups in total. The van der Waals surface area contributed by atoms with Crippen molar-refractivity contribution in [2.75, 3.05) is 0 Å². The minimum absolute atomic E-state index is 0.739. The van der Waals surface area contributed by atoms with Crippen LogP contribution < -0.4 is 0 Å². The van der Waals surface area contributed by atoms with Gasteiger partial charge in [0.05, 0.1) is 0 Å². The Morgan fingerprint density at radius 3 is 2.00 bits per heavy atom. The lowest BCUT2D eigenvalue weighted by Gasteiger charge is -1.82. The molecular weight excluding hydrogens is 136 g/mol. The summed E-state index contributed by atoms with van der Waals surface area (Å²) in [6, 6.07) is 0. The fourth-order valence-electron chi connectivity index (χ4n) is 0.495. The summed E-state index contributed by atoms with van der Waals surface area (Å²) in [5.74, 6) is 0. The minimum atomic E-state index is 0.739. The predicted octanol–water partition coefficient (Wildman–Crippen LogP) is 2.65. The number of rotatable bonds is 3. The van der Waals surface area contributed by atoms with E-state index in [4.69, 9.17) is 0 Å². The second kappa shape index (κ2) is 5.66. The Kier molecular flexibility index (Phi) is 5.09. The fourth-order valence-corrected chi connectivity index (χ4v) is 0.495. The lowest BCUT2D eigenvalue weighted by Crippen LogP contribution is -1.71. The zero-order chi connectivity index (χ0) is 8.69. The van der Waals surface area contributed by atoms with Crippen LogP contribution in [0.3, 0.4) is 0 Å². The van der Waals surface area contributed by atoms with Crippen molar-refractivity contribution in [3.63, 3.8) is 0 Å². The van der Waals surface area contributed by atoms with Gasteiger partial charge in [0.2, 0.25) is 0 Å². The molecule has 0 bridgehead atoms. The maximum absolute atomic E-state index is 10.1. The number of carbonyl (C=O) groups is 1. The van der Waals surface area contributed by atoms with Crippen LogP contribution in [0.4, 0.5) is 0 Å². The Labute approximate surface area is 68.1 Å². The van der Waals surface area contributed by atoms with Gasteiger partial charge in [-0.2, -0.15) is 0 Å². The molecule has 1 nitrogen and oxygen atoms in total. The van der Waals surface area contributed by atoms with E-state index in [2.05, 4.69) is 0 Å². The Morgan fingerprint density at radius 2 is 1.55 bits per heavy atom. The van der Waals surface area contributed by atoms with E-state index in [0.717, 1.165) is 11.9 Å². The second-order valence-electron chi connectivity index (χ2n) is 2.66. The lowest BCUT2D eigenvalue weighted by molar-refractivity contribution is -0.104. The van der Waals surface area contributed by atoms with Crippen LogP contribution in [0.5, 0.6) is 0 Å². The molecule has 0 spiro atoms. The van der Waals surface area contributed by atoms with Gasteiger partial charge in [-0.3, -0.25) is 4.79 Å². The Morgan fingerprint density at radius 1 is 1.00 bits per heavy atom. The van der Waals surface area contributed by atoms with Crippen molar-refractivity contribution in [3.8, 4) is 0 Å². The van der Waals surface area contributed by atoms with Crippen LogP contribution in [0.15, 0.2) is 35.5 Å². The van der Waals surface area contributed by atoms with Gasteiger partial charge < -0.3 is 0 Å². The van der Waals surface area contributed by atoms with Gasteiger partial charge in [-0.15, -0.1) is 0 Å². The molecule has 0 fully saturated rings. The molecule has 0 saturated carbocycles. The molecule has 0 aromatic heterocycles. The van der Waals surface area contributed by atoms with Crippen molar-refractivity contribution in [3.05, 3.63) is 35.5 Å². The molecule has 0 aliphatic rings. The highest BCUT2D eigenvalue weighted by Gasteiger charge is 1.76. The van der Waals surface area contributed by atoms with Crippen LogP contribution in [0.25, 0.3) is 0 Å². The van der Waals surface area contributed by atoms with E-state index >= 15 is 0 Å². The van der Waals surface area contributed by atoms with Gasteiger partial charge in [0.15, 0.2) is 0 Å². The summed E-state index contributed by atoms with van der Waals surface area (Å²) in [7, 11) is 0. The molecule has 0 rings (SSSR count). The molecule has 0 aliphatic carbocycles. The molecular formula is C10H14O. The third-order valence-corrected chi connectivity index (χ3v) is 1.09. The highest BCUT2D eigenvalue weighted by molar-refractivity contribution is 5.72. The number of hydrogen-bond acceptors (Lipinski definition) is 1. The largest absolute Gasteiger partial charge is 0.298 e. The molecule has 0 saturated heterocycles. The van der Waals surface area contributed by atoms with E-state index in [9.17, 15) is 4.79 Å². The van der Waals surface area contributed by atoms with E-state index in [0.29, 0.717) is 0 Å². The van der Waals surface area contributed by atoms with Crippen LogP contribution in [0.2, 0.25) is 0 Å². The quantitative estimate of drug-likeness (QED) is 0.343. The van der Waals surface area contributed by atoms with Crippen molar-refractivity contribution in [1.29, 1.82) is 0 Å². The average molecular weight is 150 g/mol. The summed E-state index contributed by atoms with van der Waals surface area (Å²) in [5, 5.41) is 0. The summed E-state index contributed by atoms with van der Waals surface area (Å²) in [4.78, 5) is 10.1. The van der Waals surface area contributed by atoms with E-state index in [1.165, 1.54) is 5.57 Å². The van der Waals surface area contributed by atoms with Crippen molar-refractivity contribution >= 4 is 6.29 Å². The van der Waals surface area contributed by atoms with E-state index < -0.39 is 0 Å². The standard InChI is InChI=1S/C10H14O/c1-9(2)6-4-5-7-10(3)8-11/h4-8H,1-3H3/b5-4+,10-7+. The summed E-state index contributed by atoms with van der Waals surface area (Å²) in [6.45, 7) is 5.83. The molecule has 1 heteroatoms. The molecule has 0 aromatic rings. The maximum atomic E-state index is 10.1. The van der Waals surface area contributed by atoms with Crippen molar-refractivity contribution < 1.29 is 4.79 Å². The molecule has 0 radical (unpaired) electrons. The van der Waals surface area contributed by atoms with Crippen molar-refractivity contribution in [1.82, 2.24) is 0 Å². The van der Waals surface area contributed by atoms with Gasteiger partial charge in [0.25, 0.3) is 0 Å². The van der Waals surface area contributed by atoms with E-state index in [-0.39, 0.29) is 0 Å². The Hall–Kier alpha value is -1.11. The third kappa shape index (κ3) is 6.78. The van der Waals surface area contributed by atoms with Crippen molar-refractivity contribution in [2.24, 2.45) is 0 Å². The summed E-state index contributed by atoms with van der Waals surface area (Å²) >= 11 is 0. The van der Waals surface area contributed by atoms with Gasteiger partial charge in [0, 0.05) is 0 Å². The first-order valence-electron chi connectivity index (χ1n) is 3.60. The molecule has 0 aromatic carbocycles. The second-order valence-corrected chi connectivity index (χ2v) is 2.66. The molecule has 0 atom stereocenters. The van der Waals surface area contributed by atoms with Gasteiger partial charge in [-0.05, 0) is 26.3 Å². The first kappa shape index (κ1) is 9.89. The van der Waals surface area contributed by atoms with Crippen LogP contribution in [0, 0.1) is 0 Å². The Bertz CT molecular complexity index is 203. The van der Waals surface area contributed by atoms with Crippen molar-refractivity contribution in [2.45, 2.75) is 20.8 Å². The highest BCUT2D eigenvalue weighted by atomic mass is 16.1. The molecule has 60 valence electrons. The fraction of sp³-hybridized carbons (Fsp3) is 0.300. The predicted molar refractivity (Wildman–Crippen MR) is 48.4 cm³/mol. The van der Waals surface area contributed by atoms with Crippen LogP contribution in [0.1, 0.15) is 20.8 Å². The summed E-state index contributed by atoms with van der Waals surface area (Å²) in [6.07, 6.45) is 8.40. The summed E-state index contributed by atoms with van der Waals surface area (Å²) < 4.78 is 0. The monoisotopic (exact) mass is 150 g/mol. The van der Waals surface area contributed by atoms with Gasteiger partial charge in [-0.1, -0.05) is 29.9 Å². The minimum Gasteiger partial charge on any atom is -0.298 e. The zero-order valence-corrected chi connectivity index (χ0v) is 7.29. The maximum Gasteiger partial charge on any atom is 0.145 e. The van der Waals surface area contributed by atoms with E-state index in [1.54, 1.807) is 13.0 Å². The SMILES string of the molecule is CC(C)=C/C=C/C=C(\C)C=O. The molecule has 0 aliphatic heterocycles. The molecule has 0 unspecified atom stereocenters. The number of aldehydes is 1. The van der Waals surface area contributed by atoms with Gasteiger partial charge >= 0.3 is 0 Å². The first-order chi connectivity index (χ1) is 5.16. The zero-order valence-electron chi connectivity index (χ0n) is 7.29. The van der Waals surface area contributed by atoms with Crippen LogP contribution in [-0.4, -0.2) is 6.29 Å². The number of carbonyl (C=O) groups excluding carboxylic acids is 1. The van der Waals surface area contributed by atoms with E-state index in [1.807, 2.05) is 32.1 Å². The van der Waals surface area contributed by atoms with Gasteiger partial charge in [0.1, 0.15) is 6.29 Å². The number of allylic oxidation sites excluding steroid dienone is 6. The normalized spacial score (nSPS) is 11.7. The molecule has 11 heavy (non-hydrogen) atoms. The third-order valence-electron chi connectivity index (χ3n) is 1.09. The molecule has 0 heterocycles. The average Bonchev–Trinajstić information content (AvgIpc) is 1.97. The Balaban J connectivity index is 3.96. The first-order valence-corrected chi connectivity index (χ1v) is 3.60. The smallest absolute Gasteiger partial charge is 0.145 e. The number of hydrogen-bond donors (Lipinski definition) is 0. The topological polar surface area (TPSA) is 17.1 Å². The van der Waals surface area contributed by atoms with Crippen LogP contribution in [-0.2, 0) is 4.79 Å². The van der Waals surface area contributed by atoms with Crippen LogP contribution >= 0.6 is 0 Å². The van der Waals surface area contributed by atoms with Gasteiger partial charge in [-0.25, -0.2) is 0 Å². The molecule has 0 amide bonds. The highest BCUT2D eigenvalue weighted by Crippen LogP contribution is 1.91. The summed E-state index contributed by atoms with van der Waals surface area (Å²) in [5.41, 5.74) is 1.99.